The molecule has 0 saturated heterocycles. The van der Waals surface area contributed by atoms with Crippen LogP contribution in [0.5, 0.6) is 0 Å². The van der Waals surface area contributed by atoms with E-state index in [1.54, 1.807) is 4.68 Å². The molecule has 0 spiro atoms. The zero-order valence-electron chi connectivity index (χ0n) is 9.42. The quantitative estimate of drug-likeness (QED) is 0.871. The standard InChI is InChI=1S/C11H17ClFN3/c1-2-16-10(9(12)7-15-16)11(13)5-3-8(14)4-6-11/h7-8H,2-6,14H2,1H3. The Morgan fingerprint density at radius 1 is 1.62 bits per heavy atom. The second-order valence-electron chi connectivity index (χ2n) is 4.46. The first-order valence-electron chi connectivity index (χ1n) is 5.73. The summed E-state index contributed by atoms with van der Waals surface area (Å²) in [5.41, 5.74) is 4.98. The summed E-state index contributed by atoms with van der Waals surface area (Å²) in [5.74, 6) is 0. The maximum absolute atomic E-state index is 14.8. The molecule has 3 nitrogen and oxygen atoms in total. The van der Waals surface area contributed by atoms with Gasteiger partial charge in [0.2, 0.25) is 0 Å². The highest BCUT2D eigenvalue weighted by Crippen LogP contribution is 2.43. The lowest BCUT2D eigenvalue weighted by Gasteiger charge is -2.33. The van der Waals surface area contributed by atoms with E-state index in [1.807, 2.05) is 6.92 Å². The van der Waals surface area contributed by atoms with Gasteiger partial charge in [-0.05, 0) is 32.6 Å². The Bertz CT molecular complexity index is 369. The van der Waals surface area contributed by atoms with E-state index in [0.29, 0.717) is 42.9 Å². The van der Waals surface area contributed by atoms with Gasteiger partial charge in [-0.1, -0.05) is 11.6 Å². The summed E-state index contributed by atoms with van der Waals surface area (Å²) < 4.78 is 16.5. The minimum absolute atomic E-state index is 0.126. The Kier molecular flexibility index (Phi) is 3.22. The first kappa shape index (κ1) is 11.9. The third kappa shape index (κ3) is 1.96. The summed E-state index contributed by atoms with van der Waals surface area (Å²) in [7, 11) is 0. The van der Waals surface area contributed by atoms with Gasteiger partial charge in [-0.2, -0.15) is 5.10 Å². The van der Waals surface area contributed by atoms with Gasteiger partial charge < -0.3 is 5.73 Å². The molecule has 0 atom stereocenters. The fourth-order valence-electron chi connectivity index (χ4n) is 2.38. The molecule has 1 heterocycles. The van der Waals surface area contributed by atoms with Crippen LogP contribution in [0.2, 0.25) is 5.02 Å². The van der Waals surface area contributed by atoms with E-state index in [1.165, 1.54) is 6.20 Å². The predicted molar refractivity (Wildman–Crippen MR) is 62.1 cm³/mol. The molecule has 0 aliphatic heterocycles. The summed E-state index contributed by atoms with van der Waals surface area (Å²) in [4.78, 5) is 0. The lowest BCUT2D eigenvalue weighted by atomic mass is 9.81. The van der Waals surface area contributed by atoms with Crippen molar-refractivity contribution in [3.05, 3.63) is 16.9 Å². The van der Waals surface area contributed by atoms with Crippen LogP contribution < -0.4 is 5.73 Å². The number of hydrogen-bond acceptors (Lipinski definition) is 2. The van der Waals surface area contributed by atoms with Gasteiger partial charge in [-0.25, -0.2) is 4.39 Å². The number of rotatable bonds is 2. The molecule has 1 saturated carbocycles. The zero-order chi connectivity index (χ0) is 11.8. The Balaban J connectivity index is 2.31. The molecule has 5 heteroatoms. The van der Waals surface area contributed by atoms with Crippen LogP contribution in [-0.4, -0.2) is 15.8 Å². The van der Waals surface area contributed by atoms with Gasteiger partial charge >= 0.3 is 0 Å². The average molecular weight is 246 g/mol. The average Bonchev–Trinajstić information content (AvgIpc) is 2.65. The van der Waals surface area contributed by atoms with E-state index < -0.39 is 5.67 Å². The van der Waals surface area contributed by atoms with Crippen LogP contribution in [-0.2, 0) is 12.2 Å². The van der Waals surface area contributed by atoms with Crippen molar-refractivity contribution in [3.63, 3.8) is 0 Å². The maximum atomic E-state index is 14.8. The SMILES string of the molecule is CCn1ncc(Cl)c1C1(F)CCC(N)CC1. The molecule has 1 aromatic rings. The number of aryl methyl sites for hydroxylation is 1. The van der Waals surface area contributed by atoms with E-state index in [2.05, 4.69) is 5.10 Å². The van der Waals surface area contributed by atoms with Crippen molar-refractivity contribution in [1.29, 1.82) is 0 Å². The van der Waals surface area contributed by atoms with Crippen molar-refractivity contribution in [2.45, 2.75) is 50.9 Å². The molecule has 2 rings (SSSR count). The second-order valence-corrected chi connectivity index (χ2v) is 4.87. The third-order valence-corrected chi connectivity index (χ3v) is 3.62. The molecule has 1 aliphatic carbocycles. The number of halogens is 2. The van der Waals surface area contributed by atoms with E-state index in [4.69, 9.17) is 17.3 Å². The van der Waals surface area contributed by atoms with Gasteiger partial charge in [0, 0.05) is 12.6 Å². The van der Waals surface area contributed by atoms with Gasteiger partial charge in [0.15, 0.2) is 5.67 Å². The van der Waals surface area contributed by atoms with Crippen LogP contribution in [0, 0.1) is 0 Å². The zero-order valence-corrected chi connectivity index (χ0v) is 10.2. The fourth-order valence-corrected chi connectivity index (χ4v) is 2.69. The van der Waals surface area contributed by atoms with Crippen molar-refractivity contribution >= 4 is 11.6 Å². The Morgan fingerprint density at radius 2 is 2.25 bits per heavy atom. The van der Waals surface area contributed by atoms with Crippen molar-refractivity contribution in [3.8, 4) is 0 Å². The summed E-state index contributed by atoms with van der Waals surface area (Å²) >= 11 is 6.03. The van der Waals surface area contributed by atoms with Crippen molar-refractivity contribution < 1.29 is 4.39 Å². The molecule has 2 N–H and O–H groups in total. The van der Waals surface area contributed by atoms with Gasteiger partial charge in [0.25, 0.3) is 0 Å². The number of aromatic nitrogens is 2. The molecule has 1 aliphatic rings. The van der Waals surface area contributed by atoms with E-state index in [9.17, 15) is 4.39 Å². The Morgan fingerprint density at radius 3 is 2.81 bits per heavy atom. The van der Waals surface area contributed by atoms with Gasteiger partial charge in [0.1, 0.15) is 0 Å². The summed E-state index contributed by atoms with van der Waals surface area (Å²) in [6.07, 6.45) is 3.83. The molecule has 0 aromatic carbocycles. The van der Waals surface area contributed by atoms with Crippen LogP contribution in [0.1, 0.15) is 38.3 Å². The van der Waals surface area contributed by atoms with Crippen LogP contribution in [0.3, 0.4) is 0 Å². The van der Waals surface area contributed by atoms with E-state index in [-0.39, 0.29) is 6.04 Å². The number of alkyl halides is 1. The van der Waals surface area contributed by atoms with Crippen LogP contribution >= 0.6 is 11.6 Å². The monoisotopic (exact) mass is 245 g/mol. The highest BCUT2D eigenvalue weighted by atomic mass is 35.5. The Labute approximate surface area is 99.8 Å². The van der Waals surface area contributed by atoms with E-state index in [0.717, 1.165) is 0 Å². The van der Waals surface area contributed by atoms with Crippen molar-refractivity contribution in [2.75, 3.05) is 0 Å². The van der Waals surface area contributed by atoms with Crippen LogP contribution in [0.4, 0.5) is 4.39 Å². The topological polar surface area (TPSA) is 43.8 Å². The fraction of sp³-hybridized carbons (Fsp3) is 0.727. The Hall–Kier alpha value is -0.610. The second kappa shape index (κ2) is 4.34. The maximum Gasteiger partial charge on any atom is 0.154 e. The highest BCUT2D eigenvalue weighted by Gasteiger charge is 2.40. The minimum atomic E-state index is -1.35. The van der Waals surface area contributed by atoms with Crippen molar-refractivity contribution in [2.24, 2.45) is 5.73 Å². The molecule has 1 aromatic heterocycles. The van der Waals surface area contributed by atoms with Crippen molar-refractivity contribution in [1.82, 2.24) is 9.78 Å². The predicted octanol–water partition coefficient (Wildman–Crippen LogP) is 2.62. The minimum Gasteiger partial charge on any atom is -0.328 e. The summed E-state index contributed by atoms with van der Waals surface area (Å²) in [6, 6.07) is 0.126. The molecule has 0 amide bonds. The van der Waals surface area contributed by atoms with Gasteiger partial charge in [0.05, 0.1) is 16.9 Å². The number of nitrogens with two attached hydrogens (primary N) is 1. The molecule has 0 bridgehead atoms. The molecule has 1 fully saturated rings. The normalized spacial score (nSPS) is 30.6. The lowest BCUT2D eigenvalue weighted by molar-refractivity contribution is 0.0873. The molecular weight excluding hydrogens is 229 g/mol. The summed E-state index contributed by atoms with van der Waals surface area (Å²) in [6.45, 7) is 2.57. The smallest absolute Gasteiger partial charge is 0.154 e. The lowest BCUT2D eigenvalue weighted by Crippen LogP contribution is -2.35. The molecular formula is C11H17ClFN3. The van der Waals surface area contributed by atoms with Gasteiger partial charge in [-0.3, -0.25) is 4.68 Å². The first-order chi connectivity index (χ1) is 7.57. The number of nitrogens with zero attached hydrogens (tertiary/aromatic N) is 2. The van der Waals surface area contributed by atoms with Gasteiger partial charge in [-0.15, -0.1) is 0 Å². The molecule has 90 valence electrons. The summed E-state index contributed by atoms with van der Waals surface area (Å²) in [5, 5.41) is 4.52. The van der Waals surface area contributed by atoms with Crippen LogP contribution in [0.15, 0.2) is 6.20 Å². The largest absolute Gasteiger partial charge is 0.328 e. The van der Waals surface area contributed by atoms with E-state index >= 15 is 0 Å². The highest BCUT2D eigenvalue weighted by molar-refractivity contribution is 6.31. The third-order valence-electron chi connectivity index (χ3n) is 3.34. The number of hydrogen-bond donors (Lipinski definition) is 1. The molecule has 0 radical (unpaired) electrons. The van der Waals surface area contributed by atoms with Crippen LogP contribution in [0.25, 0.3) is 0 Å². The first-order valence-corrected chi connectivity index (χ1v) is 6.11. The molecule has 0 unspecified atom stereocenters. The molecule has 16 heavy (non-hydrogen) atoms.